The Bertz CT molecular complexity index is 1790. The highest BCUT2D eigenvalue weighted by Crippen LogP contribution is 2.46. The second kappa shape index (κ2) is 13.7. The van der Waals surface area contributed by atoms with Gasteiger partial charge in [-0.3, -0.25) is 0 Å². The molecule has 6 rings (SSSR count). The summed E-state index contributed by atoms with van der Waals surface area (Å²) in [6, 6.07) is 28.6. The summed E-state index contributed by atoms with van der Waals surface area (Å²) in [5.41, 5.74) is 8.90. The fraction of sp³-hybridized carbons (Fsp3) is 0.194. The summed E-state index contributed by atoms with van der Waals surface area (Å²) in [6.07, 6.45) is 4.21. The SMILES string of the molecule is COc1cc2c(cc1OC)-c1[nH]c3ccc(OCCN(C)C)cc3c1C2=NOCc1ccc(C=Cc2ccccc2)cc1.Cl. The molecule has 0 amide bonds. The van der Waals surface area contributed by atoms with Gasteiger partial charge in [0.1, 0.15) is 24.7 Å². The molecule has 0 saturated carbocycles. The third kappa shape index (κ3) is 6.44. The minimum atomic E-state index is 0. The van der Waals surface area contributed by atoms with E-state index in [9.17, 15) is 0 Å². The summed E-state index contributed by atoms with van der Waals surface area (Å²) in [5, 5.41) is 5.72. The Morgan fingerprint density at radius 2 is 1.48 bits per heavy atom. The summed E-state index contributed by atoms with van der Waals surface area (Å²) in [6.45, 7) is 1.77. The number of hydrogen-bond acceptors (Lipinski definition) is 6. The van der Waals surface area contributed by atoms with Crippen LogP contribution in [0.5, 0.6) is 17.2 Å². The van der Waals surface area contributed by atoms with Crippen LogP contribution in [-0.2, 0) is 11.4 Å². The van der Waals surface area contributed by atoms with Gasteiger partial charge in [-0.05, 0) is 61.1 Å². The maximum atomic E-state index is 6.06. The van der Waals surface area contributed by atoms with Crippen molar-refractivity contribution in [1.82, 2.24) is 9.88 Å². The second-order valence-corrected chi connectivity index (χ2v) is 10.7. The first-order valence-electron chi connectivity index (χ1n) is 14.3. The number of nitrogens with one attached hydrogen (secondary N) is 1. The van der Waals surface area contributed by atoms with Gasteiger partial charge in [0.15, 0.2) is 11.5 Å². The Morgan fingerprint density at radius 3 is 2.16 bits per heavy atom. The number of rotatable bonds is 11. The molecule has 8 heteroatoms. The van der Waals surface area contributed by atoms with Crippen LogP contribution < -0.4 is 14.2 Å². The lowest BCUT2D eigenvalue weighted by molar-refractivity contribution is 0.131. The fourth-order valence-electron chi connectivity index (χ4n) is 5.22. The molecule has 0 atom stereocenters. The molecule has 1 aliphatic rings. The lowest BCUT2D eigenvalue weighted by Gasteiger charge is -2.12. The summed E-state index contributed by atoms with van der Waals surface area (Å²) in [5.74, 6) is 2.10. The zero-order chi connectivity index (χ0) is 29.8. The van der Waals surface area contributed by atoms with Gasteiger partial charge in [0, 0.05) is 34.1 Å². The third-order valence-corrected chi connectivity index (χ3v) is 7.50. The number of aromatic nitrogens is 1. The molecule has 7 nitrogen and oxygen atoms in total. The molecule has 0 saturated heterocycles. The smallest absolute Gasteiger partial charge is 0.161 e. The Labute approximate surface area is 264 Å². The van der Waals surface area contributed by atoms with E-state index in [0.717, 1.165) is 62.4 Å². The number of fused-ring (bicyclic) bond motifs is 5. The van der Waals surface area contributed by atoms with Crippen molar-refractivity contribution in [3.8, 4) is 28.5 Å². The van der Waals surface area contributed by atoms with Crippen LogP contribution in [0.4, 0.5) is 0 Å². The highest BCUT2D eigenvalue weighted by atomic mass is 35.5. The Kier molecular flexibility index (Phi) is 9.58. The molecule has 0 fully saturated rings. The largest absolute Gasteiger partial charge is 0.493 e. The topological polar surface area (TPSA) is 68.3 Å². The van der Waals surface area contributed by atoms with Crippen LogP contribution in [0, 0.1) is 0 Å². The quantitative estimate of drug-likeness (QED) is 0.121. The first-order chi connectivity index (χ1) is 21.0. The van der Waals surface area contributed by atoms with Crippen LogP contribution in [-0.4, -0.2) is 57.1 Å². The molecule has 0 bridgehead atoms. The molecule has 226 valence electrons. The lowest BCUT2D eigenvalue weighted by atomic mass is 10.1. The summed E-state index contributed by atoms with van der Waals surface area (Å²) in [4.78, 5) is 11.7. The molecule has 0 unspecified atom stereocenters. The van der Waals surface area contributed by atoms with Gasteiger partial charge in [-0.2, -0.15) is 0 Å². The number of ether oxygens (including phenoxy) is 3. The first-order valence-corrected chi connectivity index (χ1v) is 14.3. The zero-order valence-corrected chi connectivity index (χ0v) is 26.1. The molecule has 1 N–H and O–H groups in total. The third-order valence-electron chi connectivity index (χ3n) is 7.50. The molecule has 0 radical (unpaired) electrons. The Morgan fingerprint density at radius 1 is 0.795 bits per heavy atom. The van der Waals surface area contributed by atoms with Crippen LogP contribution in [0.2, 0.25) is 0 Å². The molecule has 0 aliphatic heterocycles. The van der Waals surface area contributed by atoms with Gasteiger partial charge in [-0.15, -0.1) is 12.4 Å². The minimum absolute atomic E-state index is 0. The molecule has 5 aromatic rings. The number of methoxy groups -OCH3 is 2. The van der Waals surface area contributed by atoms with Gasteiger partial charge in [-0.1, -0.05) is 71.9 Å². The number of aromatic amines is 1. The number of likely N-dealkylation sites (N-methyl/N-ethyl adjacent to an activating group) is 1. The van der Waals surface area contributed by atoms with E-state index in [1.165, 1.54) is 5.56 Å². The number of nitrogens with zero attached hydrogens (tertiary/aromatic N) is 2. The standard InChI is InChI=1S/C36H35N3O4.ClH/c1-39(2)18-19-42-27-16-17-31-30(20-27)34-35(37-31)28-21-32(40-3)33(41-4)22-29(28)36(34)38-43-23-26-14-12-25(13-15-26)11-10-24-8-6-5-7-9-24;/h5-17,20-22,37H,18-19,23H2,1-4H3;1H. The molecule has 4 aromatic carbocycles. The summed E-state index contributed by atoms with van der Waals surface area (Å²) < 4.78 is 17.3. The van der Waals surface area contributed by atoms with Crippen molar-refractivity contribution in [2.75, 3.05) is 41.5 Å². The van der Waals surface area contributed by atoms with Gasteiger partial charge in [0.05, 0.1) is 19.9 Å². The first kappa shape index (κ1) is 30.7. The van der Waals surface area contributed by atoms with Crippen LogP contribution in [0.15, 0.2) is 90.1 Å². The van der Waals surface area contributed by atoms with Gasteiger partial charge < -0.3 is 28.9 Å². The van der Waals surface area contributed by atoms with Crippen LogP contribution in [0.3, 0.4) is 0 Å². The summed E-state index contributed by atoms with van der Waals surface area (Å²) in [7, 11) is 7.35. The van der Waals surface area contributed by atoms with Gasteiger partial charge in [0.2, 0.25) is 0 Å². The van der Waals surface area contributed by atoms with Crippen molar-refractivity contribution in [2.45, 2.75) is 6.61 Å². The highest BCUT2D eigenvalue weighted by Gasteiger charge is 2.32. The number of halogens is 1. The number of H-pyrrole nitrogens is 1. The van der Waals surface area contributed by atoms with E-state index in [1.807, 2.05) is 56.6 Å². The van der Waals surface area contributed by atoms with E-state index >= 15 is 0 Å². The maximum absolute atomic E-state index is 6.06. The normalized spacial score (nSPS) is 12.8. The minimum Gasteiger partial charge on any atom is -0.493 e. The lowest BCUT2D eigenvalue weighted by Crippen LogP contribution is -2.19. The average Bonchev–Trinajstić information content (AvgIpc) is 3.54. The second-order valence-electron chi connectivity index (χ2n) is 10.7. The predicted molar refractivity (Wildman–Crippen MR) is 180 cm³/mol. The van der Waals surface area contributed by atoms with E-state index in [0.29, 0.717) is 24.7 Å². The number of oxime groups is 1. The van der Waals surface area contributed by atoms with Crippen LogP contribution in [0.1, 0.15) is 27.8 Å². The van der Waals surface area contributed by atoms with E-state index in [2.05, 4.69) is 64.5 Å². The molecule has 1 aliphatic carbocycles. The zero-order valence-electron chi connectivity index (χ0n) is 25.3. The number of hydrogen-bond donors (Lipinski definition) is 1. The fourth-order valence-corrected chi connectivity index (χ4v) is 5.22. The van der Waals surface area contributed by atoms with E-state index in [-0.39, 0.29) is 12.4 Å². The van der Waals surface area contributed by atoms with Crippen molar-refractivity contribution < 1.29 is 19.0 Å². The Hall–Kier alpha value is -4.72. The van der Waals surface area contributed by atoms with Crippen LogP contribution >= 0.6 is 12.4 Å². The van der Waals surface area contributed by atoms with Gasteiger partial charge in [0.25, 0.3) is 0 Å². The van der Waals surface area contributed by atoms with Crippen molar-refractivity contribution in [2.24, 2.45) is 5.16 Å². The predicted octanol–water partition coefficient (Wildman–Crippen LogP) is 7.67. The van der Waals surface area contributed by atoms with Crippen molar-refractivity contribution in [3.63, 3.8) is 0 Å². The van der Waals surface area contributed by atoms with E-state index in [1.54, 1.807) is 14.2 Å². The molecule has 0 spiro atoms. The molecule has 1 heterocycles. The maximum Gasteiger partial charge on any atom is 0.161 e. The summed E-state index contributed by atoms with van der Waals surface area (Å²) >= 11 is 0. The average molecular weight is 610 g/mol. The van der Waals surface area contributed by atoms with Crippen LogP contribution in [0.25, 0.3) is 34.3 Å². The Balaban J connectivity index is 0.00000384. The highest BCUT2D eigenvalue weighted by molar-refractivity contribution is 6.30. The van der Waals surface area contributed by atoms with Gasteiger partial charge in [-0.25, -0.2) is 0 Å². The molecule has 1 aromatic heterocycles. The van der Waals surface area contributed by atoms with E-state index < -0.39 is 0 Å². The van der Waals surface area contributed by atoms with Gasteiger partial charge >= 0.3 is 0 Å². The molecular formula is C36H36ClN3O4. The molecule has 44 heavy (non-hydrogen) atoms. The van der Waals surface area contributed by atoms with Crippen molar-refractivity contribution >= 4 is 41.2 Å². The van der Waals surface area contributed by atoms with E-state index in [4.69, 9.17) is 24.2 Å². The number of benzene rings is 4. The monoisotopic (exact) mass is 609 g/mol. The molecular weight excluding hydrogens is 574 g/mol. The van der Waals surface area contributed by atoms with Crippen molar-refractivity contribution in [3.05, 3.63) is 113 Å². The van der Waals surface area contributed by atoms with Crippen molar-refractivity contribution in [1.29, 1.82) is 0 Å².